The van der Waals surface area contributed by atoms with Gasteiger partial charge in [0.2, 0.25) is 0 Å². The summed E-state index contributed by atoms with van der Waals surface area (Å²) in [7, 11) is -4.94. The van der Waals surface area contributed by atoms with Gasteiger partial charge in [-0.3, -0.25) is 40.5 Å². The molecule has 52 heavy (non-hydrogen) atoms. The topological polar surface area (TPSA) is 269 Å². The van der Waals surface area contributed by atoms with Crippen LogP contribution in [0.4, 0.5) is 22.7 Å². The van der Waals surface area contributed by atoms with E-state index in [9.17, 15) is 40.5 Å². The van der Waals surface area contributed by atoms with Gasteiger partial charge in [-0.2, -0.15) is 0 Å². The number of unbranched alkanes of at least 4 members (excludes halogenated alkanes) is 13. The van der Waals surface area contributed by atoms with Gasteiger partial charge in [0.05, 0.1) is 31.8 Å². The first-order chi connectivity index (χ1) is 24.6. The van der Waals surface area contributed by atoms with Gasteiger partial charge in [-0.05, 0) is 24.1 Å². The van der Waals surface area contributed by atoms with Crippen LogP contribution < -0.4 is 23.2 Å². The Morgan fingerprint density at radius 2 is 0.885 bits per heavy atom. The lowest BCUT2D eigenvalue weighted by atomic mass is 9.83. The highest BCUT2D eigenvalue weighted by Crippen LogP contribution is 2.42. The third kappa shape index (κ3) is 15.7. The predicted octanol–water partition coefficient (Wildman–Crippen LogP) is 4.51. The van der Waals surface area contributed by atoms with E-state index in [1.54, 1.807) is 24.5 Å². The fourth-order valence-electron chi connectivity index (χ4n) is 5.92. The first kappa shape index (κ1) is 43.5. The number of nitrogens with zero attached hydrogens (tertiary/aromatic N) is 5. The molecular formula is C34H44ClN5O12. The van der Waals surface area contributed by atoms with E-state index in [1.807, 2.05) is 4.57 Å². The van der Waals surface area contributed by atoms with Crippen molar-refractivity contribution in [3.63, 3.8) is 0 Å². The molecule has 1 aromatic heterocycles. The Kier molecular flexibility index (Phi) is 18.6. The number of aryl methyl sites for hydroxylation is 1. The fourth-order valence-corrected chi connectivity index (χ4v) is 5.92. The molecule has 1 heterocycles. The van der Waals surface area contributed by atoms with Crippen LogP contribution in [-0.4, -0.2) is 19.7 Å². The number of nitro benzene ring substituents is 4. The van der Waals surface area contributed by atoms with Gasteiger partial charge in [0.1, 0.15) is 6.54 Å². The SMILES string of the molecule is CCCCCCCCCCCCCCCC[n+]1ccc(C(c2ccc([N+](=O)[O-])cc2[N+](=O)[O-])c2ccc([N+](=O)[O-])cc2[N+](=O)[O-])cc1.[O-][Cl+3]([O-])([O-])[O-]. The second-order valence-corrected chi connectivity index (χ2v) is 13.0. The molecule has 18 heteroatoms. The second-order valence-electron chi connectivity index (χ2n) is 12.3. The third-order valence-corrected chi connectivity index (χ3v) is 8.49. The first-order valence-electron chi connectivity index (χ1n) is 17.1. The van der Waals surface area contributed by atoms with Gasteiger partial charge in [-0.25, -0.2) is 23.2 Å². The summed E-state index contributed by atoms with van der Waals surface area (Å²) in [5, 5.41) is 46.8. The van der Waals surface area contributed by atoms with Crippen molar-refractivity contribution < 1.29 is 53.1 Å². The summed E-state index contributed by atoms with van der Waals surface area (Å²) < 4.78 is 35.9. The average Bonchev–Trinajstić information content (AvgIpc) is 3.08. The van der Waals surface area contributed by atoms with Crippen molar-refractivity contribution >= 4 is 22.7 Å². The molecule has 0 bridgehead atoms. The number of hydrogen-bond donors (Lipinski definition) is 0. The van der Waals surface area contributed by atoms with Crippen molar-refractivity contribution in [2.24, 2.45) is 0 Å². The second kappa shape index (κ2) is 22.3. The maximum atomic E-state index is 12.0. The van der Waals surface area contributed by atoms with Crippen LogP contribution in [0.2, 0.25) is 0 Å². The highest BCUT2D eigenvalue weighted by atomic mass is 35.7. The summed E-state index contributed by atoms with van der Waals surface area (Å²) in [6.45, 7) is 2.99. The molecule has 0 N–H and O–H groups in total. The zero-order valence-electron chi connectivity index (χ0n) is 29.0. The number of non-ortho nitro benzene ring substituents is 2. The molecule has 3 aromatic rings. The summed E-state index contributed by atoms with van der Waals surface area (Å²) in [5.41, 5.74) is -1.75. The quantitative estimate of drug-likeness (QED) is 0.0594. The van der Waals surface area contributed by atoms with E-state index >= 15 is 0 Å². The van der Waals surface area contributed by atoms with Crippen molar-refractivity contribution in [3.05, 3.63) is 118 Å². The molecule has 0 aliphatic rings. The van der Waals surface area contributed by atoms with Crippen LogP contribution in [0.15, 0.2) is 60.9 Å². The monoisotopic (exact) mass is 749 g/mol. The summed E-state index contributed by atoms with van der Waals surface area (Å²) >= 11 is 0. The van der Waals surface area contributed by atoms with Crippen LogP contribution in [-0.2, 0) is 6.54 Å². The van der Waals surface area contributed by atoms with Crippen LogP contribution in [0.3, 0.4) is 0 Å². The van der Waals surface area contributed by atoms with E-state index < -0.39 is 58.6 Å². The highest BCUT2D eigenvalue weighted by molar-refractivity contribution is 5.61. The largest absolute Gasteiger partial charge is 0.280 e. The van der Waals surface area contributed by atoms with E-state index in [0.29, 0.717) is 5.56 Å². The molecule has 3 rings (SSSR count). The lowest BCUT2D eigenvalue weighted by Crippen LogP contribution is -2.68. The lowest BCUT2D eigenvalue weighted by Gasteiger charge is -2.18. The Bertz CT molecular complexity index is 1540. The van der Waals surface area contributed by atoms with Crippen molar-refractivity contribution in [1.82, 2.24) is 0 Å². The summed E-state index contributed by atoms with van der Waals surface area (Å²) in [4.78, 5) is 43.7. The molecule has 0 atom stereocenters. The molecule has 0 aliphatic carbocycles. The zero-order valence-corrected chi connectivity index (χ0v) is 29.7. The molecule has 0 fully saturated rings. The smallest absolute Gasteiger partial charge is 0.258 e. The molecule has 0 aliphatic heterocycles. The van der Waals surface area contributed by atoms with E-state index in [4.69, 9.17) is 18.6 Å². The minimum absolute atomic E-state index is 0.0118. The number of pyridine rings is 1. The minimum Gasteiger partial charge on any atom is -0.258 e. The molecule has 0 unspecified atom stereocenters. The maximum absolute atomic E-state index is 12.0. The number of aromatic nitrogens is 1. The van der Waals surface area contributed by atoms with Crippen LogP contribution in [0.25, 0.3) is 0 Å². The van der Waals surface area contributed by atoms with E-state index in [2.05, 4.69) is 6.92 Å². The Labute approximate surface area is 302 Å². The van der Waals surface area contributed by atoms with Crippen molar-refractivity contribution in [3.8, 4) is 0 Å². The number of rotatable bonds is 22. The van der Waals surface area contributed by atoms with Crippen LogP contribution in [0.5, 0.6) is 0 Å². The van der Waals surface area contributed by atoms with E-state index in [0.717, 1.165) is 50.1 Å². The highest BCUT2D eigenvalue weighted by Gasteiger charge is 2.33. The Balaban J connectivity index is 0.00000175. The standard InChI is InChI=1S/C34H44N5O8.ClHO4/c1-2-3-4-5-6-7-8-9-10-11-12-13-14-15-22-35-23-20-27(21-24-35)34(30-18-16-28(36(40)41)25-32(30)38(44)45)31-19-17-29(37(42)43)26-33(31)39(46)47;2-1(3,4)5/h16-21,23-26,34H,2-15,22H2,1H3;(H,2,3,4,5)/q+1;/p-1. The van der Waals surface area contributed by atoms with Gasteiger partial charge in [-0.15, -0.1) is 10.2 Å². The maximum Gasteiger partial charge on any atom is 0.280 e. The van der Waals surface area contributed by atoms with Crippen LogP contribution in [0, 0.1) is 50.7 Å². The van der Waals surface area contributed by atoms with Gasteiger partial charge >= 0.3 is 0 Å². The van der Waals surface area contributed by atoms with Gasteiger partial charge in [0.15, 0.2) is 12.4 Å². The Hall–Kier alpha value is -4.68. The van der Waals surface area contributed by atoms with Gasteiger partial charge in [0, 0.05) is 47.7 Å². The summed E-state index contributed by atoms with van der Waals surface area (Å²) in [6, 6.07) is 9.66. The summed E-state index contributed by atoms with van der Waals surface area (Å²) in [5.74, 6) is -1.10. The van der Waals surface area contributed by atoms with Crippen LogP contribution >= 0.6 is 0 Å². The van der Waals surface area contributed by atoms with Gasteiger partial charge in [0.25, 0.3) is 22.7 Å². The zero-order chi connectivity index (χ0) is 38.7. The Morgan fingerprint density at radius 1 is 0.538 bits per heavy atom. The molecule has 0 radical (unpaired) electrons. The van der Waals surface area contributed by atoms with E-state index in [-0.39, 0.29) is 11.1 Å². The number of benzene rings is 2. The molecule has 2 aromatic carbocycles. The predicted molar refractivity (Wildman–Crippen MR) is 177 cm³/mol. The van der Waals surface area contributed by atoms with Crippen LogP contribution in [0.1, 0.15) is 119 Å². The van der Waals surface area contributed by atoms with Gasteiger partial charge < -0.3 is 0 Å². The molecule has 0 saturated heterocycles. The molecular weight excluding hydrogens is 706 g/mol. The normalized spacial score (nSPS) is 11.2. The molecule has 0 amide bonds. The van der Waals surface area contributed by atoms with Crippen molar-refractivity contribution in [2.45, 2.75) is 109 Å². The average molecular weight is 750 g/mol. The Morgan fingerprint density at radius 3 is 1.21 bits per heavy atom. The molecule has 17 nitrogen and oxygen atoms in total. The van der Waals surface area contributed by atoms with Crippen molar-refractivity contribution in [2.75, 3.05) is 0 Å². The number of nitro groups is 4. The summed E-state index contributed by atoms with van der Waals surface area (Å²) in [6.07, 6.45) is 21.2. The minimum atomic E-state index is -4.94. The molecule has 0 spiro atoms. The molecule has 0 saturated carbocycles. The first-order valence-corrected chi connectivity index (χ1v) is 18.3. The number of halogens is 1. The lowest BCUT2D eigenvalue weighted by molar-refractivity contribution is -2.00. The fraction of sp³-hybridized carbons (Fsp3) is 0.500. The van der Waals surface area contributed by atoms with E-state index in [1.165, 1.54) is 82.8 Å². The molecule has 284 valence electrons. The number of hydrogen-bond acceptors (Lipinski definition) is 12. The third-order valence-electron chi connectivity index (χ3n) is 8.49. The van der Waals surface area contributed by atoms with Gasteiger partial charge in [-0.1, -0.05) is 84.0 Å². The van der Waals surface area contributed by atoms with Crippen molar-refractivity contribution in [1.29, 1.82) is 0 Å².